The van der Waals surface area contributed by atoms with E-state index in [4.69, 9.17) is 0 Å². The second-order valence-electron chi connectivity index (χ2n) is 3.55. The molecule has 0 saturated carbocycles. The summed E-state index contributed by atoms with van der Waals surface area (Å²) in [5.41, 5.74) is 0. The van der Waals surface area contributed by atoms with Crippen molar-refractivity contribution in [2.75, 3.05) is 6.54 Å². The number of hydrogen-bond acceptors (Lipinski definition) is 3. The van der Waals surface area contributed by atoms with Crippen molar-refractivity contribution in [3.05, 3.63) is 0 Å². The van der Waals surface area contributed by atoms with Gasteiger partial charge in [-0.1, -0.05) is 20.8 Å². The van der Waals surface area contributed by atoms with Crippen LogP contribution in [-0.4, -0.2) is 30.7 Å². The van der Waals surface area contributed by atoms with Crippen LogP contribution in [0, 0.1) is 5.92 Å². The molecule has 0 heterocycles. The molecule has 15 heavy (non-hydrogen) atoms. The number of aldehydes is 1. The van der Waals surface area contributed by atoms with Crippen LogP contribution in [0.4, 0.5) is 0 Å². The van der Waals surface area contributed by atoms with Gasteiger partial charge in [0, 0.05) is 6.42 Å². The van der Waals surface area contributed by atoms with E-state index >= 15 is 0 Å². The molecule has 2 N–H and O–H groups in total. The van der Waals surface area contributed by atoms with Crippen LogP contribution >= 0.6 is 0 Å². The Morgan fingerprint density at radius 3 is 2.33 bits per heavy atom. The van der Waals surface area contributed by atoms with Gasteiger partial charge in [0.15, 0.2) is 0 Å². The summed E-state index contributed by atoms with van der Waals surface area (Å²) in [5, 5.41) is 5.03. The van der Waals surface area contributed by atoms with Crippen LogP contribution in [0.3, 0.4) is 0 Å². The second kappa shape index (κ2) is 6.98. The normalized spacial score (nSPS) is 12.0. The van der Waals surface area contributed by atoms with E-state index < -0.39 is 6.04 Å². The molecule has 0 saturated heterocycles. The molecular weight excluding hydrogens is 196 g/mol. The summed E-state index contributed by atoms with van der Waals surface area (Å²) in [6.07, 6.45) is 0.946. The van der Waals surface area contributed by atoms with Crippen molar-refractivity contribution in [2.24, 2.45) is 5.92 Å². The molecule has 0 aromatic carbocycles. The Kier molecular flexibility index (Phi) is 6.33. The van der Waals surface area contributed by atoms with Gasteiger partial charge in [0.05, 0.1) is 6.54 Å². The molecule has 86 valence electrons. The molecular formula is C10H18N2O3. The fourth-order valence-corrected chi connectivity index (χ4v) is 1.06. The molecule has 1 atom stereocenters. The van der Waals surface area contributed by atoms with Crippen molar-refractivity contribution >= 4 is 18.1 Å². The zero-order valence-electron chi connectivity index (χ0n) is 9.37. The predicted molar refractivity (Wildman–Crippen MR) is 56.1 cm³/mol. The van der Waals surface area contributed by atoms with Crippen molar-refractivity contribution in [3.8, 4) is 0 Å². The van der Waals surface area contributed by atoms with Gasteiger partial charge in [0.2, 0.25) is 11.8 Å². The Bertz CT molecular complexity index is 239. The van der Waals surface area contributed by atoms with Crippen LogP contribution in [0.1, 0.15) is 27.2 Å². The lowest BCUT2D eigenvalue weighted by atomic mass is 10.0. The Hall–Kier alpha value is -1.39. The molecule has 0 aliphatic rings. The maximum atomic E-state index is 11.5. The SMILES string of the molecule is CCC(=O)NC(C(=O)NCC=O)C(C)C. The molecule has 0 radical (unpaired) electrons. The van der Waals surface area contributed by atoms with E-state index in [9.17, 15) is 14.4 Å². The quantitative estimate of drug-likeness (QED) is 0.604. The van der Waals surface area contributed by atoms with E-state index in [-0.39, 0.29) is 24.3 Å². The van der Waals surface area contributed by atoms with E-state index in [0.717, 1.165) is 0 Å². The number of carbonyl (C=O) groups is 3. The van der Waals surface area contributed by atoms with Gasteiger partial charge < -0.3 is 15.4 Å². The molecule has 0 aromatic rings. The zero-order valence-corrected chi connectivity index (χ0v) is 9.37. The van der Waals surface area contributed by atoms with Gasteiger partial charge in [-0.05, 0) is 5.92 Å². The smallest absolute Gasteiger partial charge is 0.243 e. The highest BCUT2D eigenvalue weighted by molar-refractivity contribution is 5.88. The molecule has 0 spiro atoms. The van der Waals surface area contributed by atoms with Crippen LogP contribution < -0.4 is 10.6 Å². The minimum absolute atomic E-state index is 0.00727. The van der Waals surface area contributed by atoms with E-state index in [1.165, 1.54) is 0 Å². The molecule has 5 heteroatoms. The van der Waals surface area contributed by atoms with Gasteiger partial charge in [-0.2, -0.15) is 0 Å². The minimum atomic E-state index is -0.572. The maximum absolute atomic E-state index is 11.5. The first-order chi connectivity index (χ1) is 7.02. The van der Waals surface area contributed by atoms with Crippen LogP contribution in [0.5, 0.6) is 0 Å². The minimum Gasteiger partial charge on any atom is -0.348 e. The van der Waals surface area contributed by atoms with Crippen LogP contribution in [0.15, 0.2) is 0 Å². The van der Waals surface area contributed by atoms with Gasteiger partial charge >= 0.3 is 0 Å². The molecule has 2 amide bonds. The summed E-state index contributed by atoms with van der Waals surface area (Å²) in [6, 6.07) is -0.572. The van der Waals surface area contributed by atoms with E-state index in [1.807, 2.05) is 13.8 Å². The van der Waals surface area contributed by atoms with E-state index in [0.29, 0.717) is 12.7 Å². The fraction of sp³-hybridized carbons (Fsp3) is 0.700. The highest BCUT2D eigenvalue weighted by Gasteiger charge is 2.22. The molecule has 0 aliphatic carbocycles. The summed E-state index contributed by atoms with van der Waals surface area (Å²) in [7, 11) is 0. The van der Waals surface area contributed by atoms with E-state index in [1.54, 1.807) is 6.92 Å². The molecule has 0 bridgehead atoms. The van der Waals surface area contributed by atoms with Gasteiger partial charge in [0.1, 0.15) is 12.3 Å². The van der Waals surface area contributed by atoms with Gasteiger partial charge in [-0.15, -0.1) is 0 Å². The molecule has 0 aromatic heterocycles. The highest BCUT2D eigenvalue weighted by atomic mass is 16.2. The Morgan fingerprint density at radius 1 is 1.33 bits per heavy atom. The largest absolute Gasteiger partial charge is 0.348 e. The van der Waals surface area contributed by atoms with E-state index in [2.05, 4.69) is 10.6 Å². The molecule has 0 fully saturated rings. The van der Waals surface area contributed by atoms with Crippen molar-refractivity contribution in [1.82, 2.24) is 10.6 Å². The third-order valence-electron chi connectivity index (χ3n) is 1.95. The fourth-order valence-electron chi connectivity index (χ4n) is 1.06. The number of nitrogens with one attached hydrogen (secondary N) is 2. The van der Waals surface area contributed by atoms with Gasteiger partial charge in [-0.3, -0.25) is 9.59 Å². The van der Waals surface area contributed by atoms with Crippen LogP contribution in [0.2, 0.25) is 0 Å². The summed E-state index contributed by atoms with van der Waals surface area (Å²) >= 11 is 0. The Balaban J connectivity index is 4.31. The highest BCUT2D eigenvalue weighted by Crippen LogP contribution is 2.01. The zero-order chi connectivity index (χ0) is 11.8. The molecule has 0 aliphatic heterocycles. The number of carbonyl (C=O) groups excluding carboxylic acids is 3. The number of amides is 2. The Labute approximate surface area is 89.6 Å². The van der Waals surface area contributed by atoms with Crippen LogP contribution in [0.25, 0.3) is 0 Å². The summed E-state index contributed by atoms with van der Waals surface area (Å²) in [6.45, 7) is 5.36. The van der Waals surface area contributed by atoms with Gasteiger partial charge in [-0.25, -0.2) is 0 Å². The lowest BCUT2D eigenvalue weighted by molar-refractivity contribution is -0.130. The maximum Gasteiger partial charge on any atom is 0.243 e. The summed E-state index contributed by atoms with van der Waals surface area (Å²) in [4.78, 5) is 32.7. The average molecular weight is 214 g/mol. The first kappa shape index (κ1) is 13.6. The van der Waals surface area contributed by atoms with Crippen molar-refractivity contribution in [3.63, 3.8) is 0 Å². The van der Waals surface area contributed by atoms with Crippen molar-refractivity contribution in [1.29, 1.82) is 0 Å². The monoisotopic (exact) mass is 214 g/mol. The lowest BCUT2D eigenvalue weighted by Crippen LogP contribution is -2.49. The predicted octanol–water partition coefficient (Wildman–Crippen LogP) is -0.148. The third kappa shape index (κ3) is 5.15. The summed E-state index contributed by atoms with van der Waals surface area (Å²) in [5.74, 6) is -0.499. The number of rotatable bonds is 6. The second-order valence-corrected chi connectivity index (χ2v) is 3.55. The molecule has 0 rings (SSSR count). The third-order valence-corrected chi connectivity index (χ3v) is 1.95. The summed E-state index contributed by atoms with van der Waals surface area (Å²) < 4.78 is 0. The lowest BCUT2D eigenvalue weighted by Gasteiger charge is -2.20. The standard InChI is InChI=1S/C10H18N2O3/c1-4-8(14)12-9(7(2)3)10(15)11-5-6-13/h6-7,9H,4-5H2,1-3H3,(H,11,15)(H,12,14). The number of hydrogen-bond donors (Lipinski definition) is 2. The first-order valence-corrected chi connectivity index (χ1v) is 5.03. The van der Waals surface area contributed by atoms with Crippen molar-refractivity contribution in [2.45, 2.75) is 33.2 Å². The van der Waals surface area contributed by atoms with Crippen LogP contribution in [-0.2, 0) is 14.4 Å². The first-order valence-electron chi connectivity index (χ1n) is 5.03. The Morgan fingerprint density at radius 2 is 1.93 bits per heavy atom. The molecule has 1 unspecified atom stereocenters. The topological polar surface area (TPSA) is 75.3 Å². The van der Waals surface area contributed by atoms with Gasteiger partial charge in [0.25, 0.3) is 0 Å². The molecule has 5 nitrogen and oxygen atoms in total. The average Bonchev–Trinajstić information content (AvgIpc) is 2.21. The van der Waals surface area contributed by atoms with Crippen molar-refractivity contribution < 1.29 is 14.4 Å².